The van der Waals surface area contributed by atoms with Gasteiger partial charge >= 0.3 is 0 Å². The first kappa shape index (κ1) is 29.5. The monoisotopic (exact) mass is 674 g/mol. The third-order valence-electron chi connectivity index (χ3n) is 10.6. The zero-order chi connectivity index (χ0) is 34.9. The van der Waals surface area contributed by atoms with Crippen molar-refractivity contribution in [3.8, 4) is 39.9 Å². The summed E-state index contributed by atoms with van der Waals surface area (Å²) in [6.45, 7) is 0. The Morgan fingerprint density at radius 3 is 1.34 bits per heavy atom. The van der Waals surface area contributed by atoms with E-state index < -0.39 is 0 Å². The summed E-state index contributed by atoms with van der Waals surface area (Å²) in [5.74, 6) is 1.85. The molecular weight excluding hydrogens is 645 g/mol. The van der Waals surface area contributed by atoms with E-state index in [9.17, 15) is 0 Å². The molecule has 0 fully saturated rings. The minimum absolute atomic E-state index is 0.584. The number of fused-ring (bicyclic) bond motifs is 10. The van der Waals surface area contributed by atoms with Gasteiger partial charge in [0.05, 0.1) is 11.0 Å². The van der Waals surface area contributed by atoms with Crippen LogP contribution in [-0.4, -0.2) is 19.5 Å². The predicted octanol–water partition coefficient (Wildman–Crippen LogP) is 12.6. The normalized spacial score (nSPS) is 11.8. The number of hydrogen-bond acceptors (Lipinski definition) is 3. The maximum atomic E-state index is 5.20. The number of aromatic nitrogens is 4. The van der Waals surface area contributed by atoms with Crippen molar-refractivity contribution in [2.75, 3.05) is 0 Å². The van der Waals surface area contributed by atoms with Gasteiger partial charge in [-0.05, 0) is 78.5 Å². The molecule has 11 aromatic rings. The second-order valence-electron chi connectivity index (χ2n) is 13.7. The van der Waals surface area contributed by atoms with Gasteiger partial charge in [0, 0.05) is 21.9 Å². The number of hydrogen-bond donors (Lipinski definition) is 0. The van der Waals surface area contributed by atoms with E-state index in [1.165, 1.54) is 43.1 Å². The van der Waals surface area contributed by atoms with Crippen LogP contribution in [0.15, 0.2) is 182 Å². The van der Waals surface area contributed by atoms with Crippen LogP contribution in [0.25, 0.3) is 105 Å². The minimum Gasteiger partial charge on any atom is -0.278 e. The molecule has 0 spiro atoms. The first-order chi connectivity index (χ1) is 26.3. The Morgan fingerprint density at radius 1 is 0.283 bits per heavy atom. The Hall–Kier alpha value is -7.17. The lowest BCUT2D eigenvalue weighted by Crippen LogP contribution is -2.06. The number of benzene rings is 9. The molecule has 2 heterocycles. The van der Waals surface area contributed by atoms with Crippen LogP contribution in [-0.2, 0) is 0 Å². The van der Waals surface area contributed by atoms with Crippen molar-refractivity contribution in [1.82, 2.24) is 19.5 Å². The first-order valence-corrected chi connectivity index (χ1v) is 17.9. The highest BCUT2D eigenvalue weighted by molar-refractivity contribution is 6.26. The topological polar surface area (TPSA) is 43.6 Å². The lowest BCUT2D eigenvalue weighted by atomic mass is 9.92. The smallest absolute Gasteiger partial charge is 0.238 e. The summed E-state index contributed by atoms with van der Waals surface area (Å²) in [4.78, 5) is 15.4. The second kappa shape index (κ2) is 11.7. The molecule has 53 heavy (non-hydrogen) atoms. The van der Waals surface area contributed by atoms with Crippen molar-refractivity contribution in [3.05, 3.63) is 182 Å². The molecule has 0 unspecified atom stereocenters. The van der Waals surface area contributed by atoms with Crippen molar-refractivity contribution in [1.29, 1.82) is 0 Å². The average molecular weight is 675 g/mol. The Kier molecular flexibility index (Phi) is 6.52. The van der Waals surface area contributed by atoms with Crippen molar-refractivity contribution >= 4 is 64.9 Å². The Labute approximate surface area is 305 Å². The maximum Gasteiger partial charge on any atom is 0.238 e. The molecule has 0 aliphatic heterocycles. The largest absolute Gasteiger partial charge is 0.278 e. The molecule has 2 aromatic heterocycles. The lowest BCUT2D eigenvalue weighted by molar-refractivity contribution is 0.954. The van der Waals surface area contributed by atoms with Crippen LogP contribution in [0.5, 0.6) is 0 Å². The van der Waals surface area contributed by atoms with E-state index in [1.807, 2.05) is 36.4 Å². The van der Waals surface area contributed by atoms with Crippen molar-refractivity contribution in [2.45, 2.75) is 0 Å². The molecule has 11 rings (SSSR count). The van der Waals surface area contributed by atoms with Crippen molar-refractivity contribution < 1.29 is 0 Å². The van der Waals surface area contributed by atoms with Crippen LogP contribution < -0.4 is 0 Å². The Balaban J connectivity index is 1.20. The van der Waals surface area contributed by atoms with Gasteiger partial charge in [0.1, 0.15) is 0 Å². The highest BCUT2D eigenvalue weighted by atomic mass is 15.2. The maximum absolute atomic E-state index is 5.20. The molecule has 0 aliphatic rings. The molecular formula is C49H30N4. The van der Waals surface area contributed by atoms with Crippen LogP contribution >= 0.6 is 0 Å². The minimum atomic E-state index is 0.584. The Morgan fingerprint density at radius 2 is 0.736 bits per heavy atom. The van der Waals surface area contributed by atoms with Crippen LogP contribution in [0.1, 0.15) is 0 Å². The van der Waals surface area contributed by atoms with Crippen molar-refractivity contribution in [2.24, 2.45) is 0 Å². The summed E-state index contributed by atoms with van der Waals surface area (Å²) < 4.78 is 2.23. The van der Waals surface area contributed by atoms with E-state index in [-0.39, 0.29) is 0 Å². The number of rotatable bonds is 4. The SMILES string of the molecule is c1ccc(-c2nc(-c3ccccc3)nc(-n3c4cc(-c5ccc6c7ccccc7c7ccccc7c6c5)ccc4c4cc5ccccc5cc43)n2)cc1. The van der Waals surface area contributed by atoms with E-state index in [0.717, 1.165) is 44.1 Å². The summed E-state index contributed by atoms with van der Waals surface area (Å²) in [5.41, 5.74) is 6.27. The van der Waals surface area contributed by atoms with E-state index in [4.69, 9.17) is 15.0 Å². The summed E-state index contributed by atoms with van der Waals surface area (Å²) in [5, 5.41) is 12.3. The van der Waals surface area contributed by atoms with Gasteiger partial charge in [0.2, 0.25) is 5.95 Å². The zero-order valence-corrected chi connectivity index (χ0v) is 28.6. The molecule has 0 saturated heterocycles. The Bertz CT molecular complexity index is 3130. The molecule has 0 aliphatic carbocycles. The molecule has 0 amide bonds. The van der Waals surface area contributed by atoms with E-state index in [0.29, 0.717) is 17.6 Å². The van der Waals surface area contributed by atoms with Crippen LogP contribution in [0.4, 0.5) is 0 Å². The molecule has 0 bridgehead atoms. The molecule has 246 valence electrons. The van der Waals surface area contributed by atoms with Crippen LogP contribution in [0, 0.1) is 0 Å². The second-order valence-corrected chi connectivity index (χ2v) is 13.7. The standard InChI is InChI=1S/C49H30N4/c1-3-13-31(14-4-1)47-50-48(32-15-5-2-6-16-32)52-49(51-47)53-45-30-36(24-26-42(45)44-28-33-17-7-8-18-34(33)29-46(44)53)35-23-25-41-39-21-10-9-19-37(39)38-20-11-12-22-40(38)43(41)27-35/h1-30H. The fraction of sp³-hybridized carbons (Fsp3) is 0. The fourth-order valence-electron chi connectivity index (χ4n) is 8.08. The molecule has 0 atom stereocenters. The first-order valence-electron chi connectivity index (χ1n) is 17.9. The molecule has 4 nitrogen and oxygen atoms in total. The third kappa shape index (κ3) is 4.73. The van der Waals surface area contributed by atoms with Gasteiger partial charge in [-0.15, -0.1) is 0 Å². The summed E-state index contributed by atoms with van der Waals surface area (Å²) in [7, 11) is 0. The van der Waals surface area contributed by atoms with Gasteiger partial charge < -0.3 is 0 Å². The lowest BCUT2D eigenvalue weighted by Gasteiger charge is -2.13. The highest BCUT2D eigenvalue weighted by Gasteiger charge is 2.20. The van der Waals surface area contributed by atoms with E-state index in [1.54, 1.807) is 0 Å². The van der Waals surface area contributed by atoms with E-state index >= 15 is 0 Å². The molecule has 4 heteroatoms. The van der Waals surface area contributed by atoms with Gasteiger partial charge in [0.25, 0.3) is 0 Å². The van der Waals surface area contributed by atoms with Gasteiger partial charge in [-0.1, -0.05) is 158 Å². The predicted molar refractivity (Wildman–Crippen MR) is 220 cm³/mol. The highest BCUT2D eigenvalue weighted by Crippen LogP contribution is 2.40. The van der Waals surface area contributed by atoms with Crippen molar-refractivity contribution in [3.63, 3.8) is 0 Å². The summed E-state index contributed by atoms with van der Waals surface area (Å²) >= 11 is 0. The quantitative estimate of drug-likeness (QED) is 0.175. The van der Waals surface area contributed by atoms with E-state index in [2.05, 4.69) is 150 Å². The summed E-state index contributed by atoms with van der Waals surface area (Å²) in [6, 6.07) is 64.7. The molecule has 9 aromatic carbocycles. The molecule has 0 radical (unpaired) electrons. The van der Waals surface area contributed by atoms with Gasteiger partial charge in [-0.2, -0.15) is 9.97 Å². The molecule has 0 saturated carbocycles. The van der Waals surface area contributed by atoms with Gasteiger partial charge in [-0.25, -0.2) is 4.98 Å². The fourth-order valence-corrected chi connectivity index (χ4v) is 8.08. The van der Waals surface area contributed by atoms with Gasteiger partial charge in [0.15, 0.2) is 11.6 Å². The van der Waals surface area contributed by atoms with Crippen LogP contribution in [0.2, 0.25) is 0 Å². The molecule has 0 N–H and O–H groups in total. The zero-order valence-electron chi connectivity index (χ0n) is 28.6. The number of nitrogens with zero attached hydrogens (tertiary/aromatic N) is 4. The average Bonchev–Trinajstić information content (AvgIpc) is 3.55. The third-order valence-corrected chi connectivity index (χ3v) is 10.6. The van der Waals surface area contributed by atoms with Crippen LogP contribution in [0.3, 0.4) is 0 Å². The summed E-state index contributed by atoms with van der Waals surface area (Å²) in [6.07, 6.45) is 0. The van der Waals surface area contributed by atoms with Gasteiger partial charge in [-0.3, -0.25) is 4.57 Å².